The molecule has 2 N–H and O–H groups in total. The number of hydrogen-bond acceptors (Lipinski definition) is 2. The minimum absolute atomic E-state index is 0.0462. The van der Waals surface area contributed by atoms with Crippen LogP contribution in [0.1, 0.15) is 33.6 Å². The maximum absolute atomic E-state index is 11.3. The Hall–Kier alpha value is -0.350. The number of rotatable bonds is 6. The van der Waals surface area contributed by atoms with Crippen LogP contribution in [0.15, 0.2) is 12.7 Å². The zero-order valence-corrected chi connectivity index (χ0v) is 10.0. The summed E-state index contributed by atoms with van der Waals surface area (Å²) < 4.78 is 22.7. The molecule has 1 unspecified atom stereocenters. The molecule has 0 bridgehead atoms. The normalized spacial score (nSPS) is 16.6. The molecule has 0 spiro atoms. The molecule has 0 aliphatic rings. The summed E-state index contributed by atoms with van der Waals surface area (Å²) in [6.45, 7) is 9.51. The van der Waals surface area contributed by atoms with Crippen molar-refractivity contribution in [3.05, 3.63) is 12.7 Å². The lowest BCUT2D eigenvalue weighted by Gasteiger charge is -2.22. The van der Waals surface area contributed by atoms with Crippen LogP contribution in [0.25, 0.3) is 0 Å². The fraction of sp³-hybridized carbons (Fsp3) is 0.800. The number of primary sulfonamides is 1. The number of allylic oxidation sites excluding steroid dienone is 1. The number of nitrogens with two attached hydrogens (primary N) is 1. The second-order valence-electron chi connectivity index (χ2n) is 4.26. The zero-order valence-electron chi connectivity index (χ0n) is 9.23. The summed E-state index contributed by atoms with van der Waals surface area (Å²) in [7, 11) is -3.43. The average Bonchev–Trinajstić information content (AvgIpc) is 1.98. The van der Waals surface area contributed by atoms with E-state index in [1.54, 1.807) is 6.08 Å². The molecule has 14 heavy (non-hydrogen) atoms. The largest absolute Gasteiger partial charge is 0.228 e. The van der Waals surface area contributed by atoms with E-state index in [0.717, 1.165) is 0 Å². The van der Waals surface area contributed by atoms with Crippen LogP contribution in [-0.4, -0.2) is 13.7 Å². The molecular formula is C10H21NO2S. The molecule has 0 radical (unpaired) electrons. The van der Waals surface area contributed by atoms with Crippen LogP contribution in [-0.2, 0) is 10.0 Å². The molecule has 0 heterocycles. The summed E-state index contributed by atoms with van der Waals surface area (Å²) in [6.07, 6.45) is 3.05. The van der Waals surface area contributed by atoms with E-state index in [9.17, 15) is 8.42 Å². The molecule has 0 aliphatic heterocycles. The summed E-state index contributed by atoms with van der Waals surface area (Å²) >= 11 is 0. The van der Waals surface area contributed by atoms with Gasteiger partial charge in [-0.15, -0.1) is 6.58 Å². The van der Waals surface area contributed by atoms with Crippen LogP contribution in [0.2, 0.25) is 0 Å². The van der Waals surface area contributed by atoms with Crippen molar-refractivity contribution in [2.75, 3.05) is 0 Å². The van der Waals surface area contributed by atoms with Gasteiger partial charge in [-0.1, -0.05) is 26.8 Å². The molecule has 2 atom stereocenters. The van der Waals surface area contributed by atoms with E-state index in [0.29, 0.717) is 18.8 Å². The maximum Gasteiger partial charge on any atom is 0.212 e. The van der Waals surface area contributed by atoms with Gasteiger partial charge in [-0.25, -0.2) is 13.6 Å². The van der Waals surface area contributed by atoms with Crippen LogP contribution < -0.4 is 5.14 Å². The second kappa shape index (κ2) is 5.51. The molecule has 0 amide bonds. The Morgan fingerprint density at radius 3 is 2.14 bits per heavy atom. The van der Waals surface area contributed by atoms with Gasteiger partial charge in [0.2, 0.25) is 10.0 Å². The van der Waals surface area contributed by atoms with Crippen molar-refractivity contribution in [2.24, 2.45) is 17.0 Å². The molecule has 84 valence electrons. The van der Waals surface area contributed by atoms with Gasteiger partial charge in [-0.3, -0.25) is 0 Å². The van der Waals surface area contributed by atoms with E-state index < -0.39 is 15.3 Å². The van der Waals surface area contributed by atoms with Crippen molar-refractivity contribution in [2.45, 2.75) is 38.9 Å². The van der Waals surface area contributed by atoms with Crippen molar-refractivity contribution in [3.63, 3.8) is 0 Å². The average molecular weight is 219 g/mol. The molecular weight excluding hydrogens is 198 g/mol. The first-order valence-electron chi connectivity index (χ1n) is 4.91. The predicted octanol–water partition coefficient (Wildman–Crippen LogP) is 1.90. The van der Waals surface area contributed by atoms with Crippen molar-refractivity contribution >= 4 is 10.0 Å². The molecule has 0 aliphatic carbocycles. The van der Waals surface area contributed by atoms with Gasteiger partial charge in [-0.2, -0.15) is 0 Å². The minimum atomic E-state index is -3.43. The SMILES string of the molecule is C=CCC(C)[C@@H](CC(C)C)S(N)(=O)=O. The summed E-state index contributed by atoms with van der Waals surface area (Å²) in [4.78, 5) is 0. The lowest BCUT2D eigenvalue weighted by atomic mass is 9.96. The summed E-state index contributed by atoms with van der Waals surface area (Å²) in [5.74, 6) is 0.385. The van der Waals surface area contributed by atoms with Crippen LogP contribution in [0.5, 0.6) is 0 Å². The van der Waals surface area contributed by atoms with Gasteiger partial charge < -0.3 is 0 Å². The first kappa shape index (κ1) is 13.7. The Morgan fingerprint density at radius 1 is 1.36 bits per heavy atom. The quantitative estimate of drug-likeness (QED) is 0.694. The molecule has 3 nitrogen and oxygen atoms in total. The van der Waals surface area contributed by atoms with Crippen molar-refractivity contribution in [1.29, 1.82) is 0 Å². The van der Waals surface area contributed by atoms with E-state index in [4.69, 9.17) is 5.14 Å². The molecule has 0 aromatic carbocycles. The molecule has 0 rings (SSSR count). The van der Waals surface area contributed by atoms with Crippen molar-refractivity contribution < 1.29 is 8.42 Å². The number of sulfonamides is 1. The fourth-order valence-corrected chi connectivity index (χ4v) is 2.98. The summed E-state index contributed by atoms with van der Waals surface area (Å²) in [6, 6.07) is 0. The standard InChI is InChI=1S/C10H21NO2S/c1-5-6-9(4)10(7-8(2)3)14(11,12)13/h5,8-10H,1,6-7H2,2-4H3,(H2,11,12,13)/t9?,10-/m1/s1. The Labute approximate surface area is 87.4 Å². The van der Waals surface area contributed by atoms with E-state index in [1.807, 2.05) is 20.8 Å². The van der Waals surface area contributed by atoms with Crippen molar-refractivity contribution in [3.8, 4) is 0 Å². The van der Waals surface area contributed by atoms with Gasteiger partial charge in [0.05, 0.1) is 5.25 Å². The Balaban J connectivity index is 4.64. The van der Waals surface area contributed by atoms with Gasteiger partial charge in [0.1, 0.15) is 0 Å². The second-order valence-corrected chi connectivity index (χ2v) is 6.04. The van der Waals surface area contributed by atoms with Gasteiger partial charge >= 0.3 is 0 Å². The lowest BCUT2D eigenvalue weighted by molar-refractivity contribution is 0.441. The van der Waals surface area contributed by atoms with Gasteiger partial charge in [0, 0.05) is 0 Å². The maximum atomic E-state index is 11.3. The first-order chi connectivity index (χ1) is 6.29. The topological polar surface area (TPSA) is 60.2 Å². The van der Waals surface area contributed by atoms with E-state index in [-0.39, 0.29) is 5.92 Å². The lowest BCUT2D eigenvalue weighted by Crippen LogP contribution is -2.35. The third-order valence-corrected chi connectivity index (χ3v) is 3.80. The highest BCUT2D eigenvalue weighted by molar-refractivity contribution is 7.89. The Morgan fingerprint density at radius 2 is 1.86 bits per heavy atom. The van der Waals surface area contributed by atoms with Gasteiger partial charge in [0.25, 0.3) is 0 Å². The highest BCUT2D eigenvalue weighted by atomic mass is 32.2. The fourth-order valence-electron chi connectivity index (χ4n) is 1.57. The van der Waals surface area contributed by atoms with Crippen LogP contribution in [0.4, 0.5) is 0 Å². The third-order valence-electron chi connectivity index (χ3n) is 2.30. The molecule has 0 aromatic rings. The minimum Gasteiger partial charge on any atom is -0.228 e. The van der Waals surface area contributed by atoms with E-state index in [2.05, 4.69) is 6.58 Å². The van der Waals surface area contributed by atoms with Crippen molar-refractivity contribution in [1.82, 2.24) is 0 Å². The Bertz CT molecular complexity index is 270. The zero-order chi connectivity index (χ0) is 11.4. The highest BCUT2D eigenvalue weighted by Crippen LogP contribution is 2.21. The van der Waals surface area contributed by atoms with E-state index >= 15 is 0 Å². The molecule has 0 aromatic heterocycles. The monoisotopic (exact) mass is 219 g/mol. The van der Waals surface area contributed by atoms with E-state index in [1.165, 1.54) is 0 Å². The van der Waals surface area contributed by atoms with Crippen LogP contribution in [0, 0.1) is 11.8 Å². The van der Waals surface area contributed by atoms with Crippen LogP contribution in [0.3, 0.4) is 0 Å². The number of hydrogen-bond donors (Lipinski definition) is 1. The molecule has 0 fully saturated rings. The molecule has 0 saturated heterocycles. The summed E-state index contributed by atoms with van der Waals surface area (Å²) in [5, 5.41) is 4.75. The highest BCUT2D eigenvalue weighted by Gasteiger charge is 2.27. The summed E-state index contributed by atoms with van der Waals surface area (Å²) in [5.41, 5.74) is 0. The third kappa shape index (κ3) is 4.77. The predicted molar refractivity (Wildman–Crippen MR) is 60.3 cm³/mol. The first-order valence-corrected chi connectivity index (χ1v) is 6.52. The van der Waals surface area contributed by atoms with Crippen LogP contribution >= 0.6 is 0 Å². The smallest absolute Gasteiger partial charge is 0.212 e. The molecule has 4 heteroatoms. The Kier molecular flexibility index (Phi) is 5.37. The van der Waals surface area contributed by atoms with Gasteiger partial charge in [0.15, 0.2) is 0 Å². The van der Waals surface area contributed by atoms with Gasteiger partial charge in [-0.05, 0) is 24.7 Å². The molecule has 0 saturated carbocycles.